The number of hydrogen-bond acceptors (Lipinski definition) is 7. The van der Waals surface area contributed by atoms with E-state index in [1.807, 2.05) is 6.92 Å². The van der Waals surface area contributed by atoms with Crippen LogP contribution in [-0.2, 0) is 11.8 Å². The lowest BCUT2D eigenvalue weighted by molar-refractivity contribution is 0.0294. The fourth-order valence-electron chi connectivity index (χ4n) is 3.63. The van der Waals surface area contributed by atoms with E-state index in [9.17, 15) is 9.59 Å². The van der Waals surface area contributed by atoms with Gasteiger partial charge in [0.2, 0.25) is 0 Å². The number of aromatic nitrogens is 2. The van der Waals surface area contributed by atoms with Crippen molar-refractivity contribution >= 4 is 29.2 Å². The average Bonchev–Trinajstić information content (AvgIpc) is 3.24. The number of hydrogen-bond donors (Lipinski definition) is 1. The number of aryl methyl sites for hydroxylation is 1. The largest absolute Gasteiger partial charge is 0.488 e. The predicted molar refractivity (Wildman–Crippen MR) is 133 cm³/mol. The van der Waals surface area contributed by atoms with E-state index in [-0.39, 0.29) is 34.1 Å². The highest BCUT2D eigenvalue weighted by Gasteiger charge is 2.31. The molecule has 3 aromatic rings. The molecule has 1 N–H and O–H groups in total. The number of carbonyl (C=O) groups excluding carboxylic acids is 2. The van der Waals surface area contributed by atoms with Gasteiger partial charge in [0.05, 0.1) is 12.2 Å². The van der Waals surface area contributed by atoms with Crippen LogP contribution in [0.1, 0.15) is 34.6 Å². The summed E-state index contributed by atoms with van der Waals surface area (Å²) in [5, 5.41) is 7.07. The third-order valence-corrected chi connectivity index (χ3v) is 5.87. The normalized spacial score (nSPS) is 15.7. The highest BCUT2D eigenvalue weighted by atomic mass is 35.5. The average molecular weight is 515 g/mol. The van der Waals surface area contributed by atoms with E-state index in [0.29, 0.717) is 29.5 Å². The van der Waals surface area contributed by atoms with Crippen molar-refractivity contribution in [1.82, 2.24) is 14.7 Å². The van der Waals surface area contributed by atoms with Gasteiger partial charge in [0.15, 0.2) is 17.8 Å². The van der Waals surface area contributed by atoms with Crippen molar-refractivity contribution in [3.63, 3.8) is 0 Å². The van der Waals surface area contributed by atoms with Gasteiger partial charge in [-0.2, -0.15) is 5.10 Å². The summed E-state index contributed by atoms with van der Waals surface area (Å²) in [5.74, 6) is 1.02. The topological polar surface area (TPSA) is 104 Å². The highest BCUT2D eigenvalue weighted by Crippen LogP contribution is 2.42. The Labute approximate surface area is 213 Å². The summed E-state index contributed by atoms with van der Waals surface area (Å²) in [4.78, 5) is 27.0. The van der Waals surface area contributed by atoms with Crippen LogP contribution in [0, 0.1) is 0 Å². The van der Waals surface area contributed by atoms with Crippen LogP contribution < -0.4 is 19.5 Å². The standard InChI is InChI=1S/C25H27ClN4O6/c1-14(13-33-5)34-17-10-16(24(31)27-21-8-9-29(3)28-21)11-18(12-17)36-20-7-6-19-23(22(20)26)35-15(2)30(4)25(19)32/h6-12,14-15H,13H2,1-5H3,(H,27,28,31)/t14-,15?/m0/s1. The fourth-order valence-corrected chi connectivity index (χ4v) is 3.88. The van der Waals surface area contributed by atoms with Crippen LogP contribution in [0.4, 0.5) is 5.82 Å². The monoisotopic (exact) mass is 514 g/mol. The molecule has 190 valence electrons. The van der Waals surface area contributed by atoms with Crippen LogP contribution >= 0.6 is 11.6 Å². The molecule has 2 aromatic carbocycles. The molecule has 11 heteroatoms. The van der Waals surface area contributed by atoms with Crippen molar-refractivity contribution in [1.29, 1.82) is 0 Å². The molecule has 1 unspecified atom stereocenters. The highest BCUT2D eigenvalue weighted by molar-refractivity contribution is 6.34. The van der Waals surface area contributed by atoms with E-state index in [1.165, 1.54) is 4.90 Å². The SMILES string of the molecule is COC[C@H](C)Oc1cc(Oc2ccc3c(c2Cl)OC(C)N(C)C3=O)cc(C(=O)Nc2ccn(C)n2)c1. The lowest BCUT2D eigenvalue weighted by atomic mass is 10.1. The van der Waals surface area contributed by atoms with Gasteiger partial charge in [-0.15, -0.1) is 0 Å². The Morgan fingerprint density at radius 2 is 1.97 bits per heavy atom. The van der Waals surface area contributed by atoms with Gasteiger partial charge in [-0.05, 0) is 38.1 Å². The molecule has 0 fully saturated rings. The molecule has 0 aliphatic carbocycles. The minimum Gasteiger partial charge on any atom is -0.488 e. The van der Waals surface area contributed by atoms with Gasteiger partial charge >= 0.3 is 0 Å². The van der Waals surface area contributed by atoms with E-state index in [4.69, 9.17) is 30.5 Å². The molecule has 2 atom stereocenters. The molecule has 0 saturated heterocycles. The third kappa shape index (κ3) is 5.39. The number of fused-ring (bicyclic) bond motifs is 1. The second-order valence-electron chi connectivity index (χ2n) is 8.40. The zero-order chi connectivity index (χ0) is 26.0. The Hall–Kier alpha value is -3.76. The number of methoxy groups -OCH3 is 1. The van der Waals surface area contributed by atoms with E-state index in [2.05, 4.69) is 10.4 Å². The molecule has 1 aliphatic heterocycles. The molecule has 1 aromatic heterocycles. The second-order valence-corrected chi connectivity index (χ2v) is 8.77. The summed E-state index contributed by atoms with van der Waals surface area (Å²) >= 11 is 6.57. The molecule has 36 heavy (non-hydrogen) atoms. The van der Waals surface area contributed by atoms with E-state index >= 15 is 0 Å². The Morgan fingerprint density at radius 3 is 2.67 bits per heavy atom. The zero-order valence-electron chi connectivity index (χ0n) is 20.6. The van der Waals surface area contributed by atoms with Crippen molar-refractivity contribution in [3.05, 3.63) is 58.7 Å². The maximum Gasteiger partial charge on any atom is 0.260 e. The van der Waals surface area contributed by atoms with Crippen LogP contribution in [0.3, 0.4) is 0 Å². The van der Waals surface area contributed by atoms with E-state index in [0.717, 1.165) is 0 Å². The summed E-state index contributed by atoms with van der Waals surface area (Å²) in [6.45, 7) is 3.95. The summed E-state index contributed by atoms with van der Waals surface area (Å²) < 4.78 is 24.5. The first-order valence-corrected chi connectivity index (χ1v) is 11.6. The van der Waals surface area contributed by atoms with Crippen molar-refractivity contribution in [2.45, 2.75) is 26.2 Å². The number of ether oxygens (including phenoxy) is 4. The van der Waals surface area contributed by atoms with Crippen molar-refractivity contribution in [3.8, 4) is 23.0 Å². The first kappa shape index (κ1) is 25.3. The van der Waals surface area contributed by atoms with E-state index in [1.54, 1.807) is 75.4 Å². The maximum atomic E-state index is 13.0. The first-order valence-electron chi connectivity index (χ1n) is 11.2. The van der Waals surface area contributed by atoms with Crippen LogP contribution in [0.15, 0.2) is 42.6 Å². The third-order valence-electron chi connectivity index (χ3n) is 5.51. The predicted octanol–water partition coefficient (Wildman–Crippen LogP) is 4.34. The number of rotatable bonds is 8. The smallest absolute Gasteiger partial charge is 0.260 e. The fraction of sp³-hybridized carbons (Fsp3) is 0.320. The molecule has 2 heterocycles. The van der Waals surface area contributed by atoms with Crippen molar-refractivity contribution < 1.29 is 28.5 Å². The Balaban J connectivity index is 1.66. The number of nitrogens with zero attached hydrogens (tertiary/aromatic N) is 3. The summed E-state index contributed by atoms with van der Waals surface area (Å²) in [7, 11) is 4.99. The molecule has 10 nitrogen and oxygen atoms in total. The molecule has 0 bridgehead atoms. The van der Waals surface area contributed by atoms with Crippen molar-refractivity contribution in [2.24, 2.45) is 7.05 Å². The molecule has 0 spiro atoms. The minimum atomic E-state index is -0.487. The molecule has 4 rings (SSSR count). The first-order chi connectivity index (χ1) is 17.2. The van der Waals surface area contributed by atoms with Gasteiger partial charge in [-0.1, -0.05) is 11.6 Å². The van der Waals surface area contributed by atoms with Gasteiger partial charge < -0.3 is 29.2 Å². The Bertz CT molecular complexity index is 1290. The molecule has 2 amide bonds. The minimum absolute atomic E-state index is 0.152. The number of amides is 2. The number of halogens is 1. The van der Waals surface area contributed by atoms with Crippen LogP contribution in [0.5, 0.6) is 23.0 Å². The molecule has 0 saturated carbocycles. The van der Waals surface area contributed by atoms with Crippen LogP contribution in [0.25, 0.3) is 0 Å². The number of nitrogens with one attached hydrogen (secondary N) is 1. The van der Waals surface area contributed by atoms with Gasteiger partial charge in [0.25, 0.3) is 11.8 Å². The molecule has 1 aliphatic rings. The number of benzene rings is 2. The maximum absolute atomic E-state index is 13.0. The number of anilines is 1. The second kappa shape index (κ2) is 10.5. The van der Waals surface area contributed by atoms with Gasteiger partial charge in [0, 0.05) is 45.1 Å². The Kier molecular flexibility index (Phi) is 7.37. The van der Waals surface area contributed by atoms with E-state index < -0.39 is 12.1 Å². The zero-order valence-corrected chi connectivity index (χ0v) is 21.3. The van der Waals surface area contributed by atoms with Gasteiger partial charge in [-0.25, -0.2) is 0 Å². The quantitative estimate of drug-likeness (QED) is 0.476. The van der Waals surface area contributed by atoms with Gasteiger partial charge in [0.1, 0.15) is 28.4 Å². The lowest BCUT2D eigenvalue weighted by Gasteiger charge is -2.32. The summed E-state index contributed by atoms with van der Waals surface area (Å²) in [6, 6.07) is 9.66. The van der Waals surface area contributed by atoms with Crippen LogP contribution in [-0.4, -0.2) is 59.6 Å². The summed E-state index contributed by atoms with van der Waals surface area (Å²) in [5.41, 5.74) is 0.627. The number of carbonyl (C=O) groups is 2. The Morgan fingerprint density at radius 1 is 1.22 bits per heavy atom. The molecule has 0 radical (unpaired) electrons. The molecular weight excluding hydrogens is 488 g/mol. The summed E-state index contributed by atoms with van der Waals surface area (Å²) in [6.07, 6.45) is 0.959. The van der Waals surface area contributed by atoms with Crippen LogP contribution in [0.2, 0.25) is 5.02 Å². The van der Waals surface area contributed by atoms with Crippen molar-refractivity contribution in [2.75, 3.05) is 26.1 Å². The lowest BCUT2D eigenvalue weighted by Crippen LogP contribution is -2.42. The molecular formula is C25H27ClN4O6. The van der Waals surface area contributed by atoms with Gasteiger partial charge in [-0.3, -0.25) is 14.3 Å².